The number of carbonyl (C=O) groups excluding carboxylic acids is 1. The molecule has 0 fully saturated rings. The molecule has 3 heterocycles. The van der Waals surface area contributed by atoms with E-state index in [-0.39, 0.29) is 16.9 Å². The summed E-state index contributed by atoms with van der Waals surface area (Å²) in [5.41, 5.74) is 8.17. The molecule has 0 radical (unpaired) electrons. The molecule has 0 saturated carbocycles. The second-order valence-corrected chi connectivity index (χ2v) is 6.33. The molecule has 0 unspecified atom stereocenters. The van der Waals surface area contributed by atoms with Gasteiger partial charge >= 0.3 is 5.97 Å². The van der Waals surface area contributed by atoms with Gasteiger partial charge in [0.1, 0.15) is 10.9 Å². The fraction of sp³-hybridized carbons (Fsp3) is 0.368. The monoisotopic (exact) mass is 355 g/mol. The number of ether oxygens (including phenoxy) is 1. The predicted octanol–water partition coefficient (Wildman–Crippen LogP) is 2.00. The first-order valence-corrected chi connectivity index (χ1v) is 8.72. The van der Waals surface area contributed by atoms with E-state index in [1.54, 1.807) is 16.8 Å². The third kappa shape index (κ3) is 2.89. The lowest BCUT2D eigenvalue weighted by atomic mass is 10.1. The van der Waals surface area contributed by atoms with Crippen molar-refractivity contribution in [3.63, 3.8) is 0 Å². The molecule has 0 aliphatic rings. The Morgan fingerprint density at radius 2 is 2.15 bits per heavy atom. The predicted molar refractivity (Wildman–Crippen MR) is 99.2 cm³/mol. The highest BCUT2D eigenvalue weighted by Crippen LogP contribution is 2.17. The van der Waals surface area contributed by atoms with E-state index in [9.17, 15) is 9.59 Å². The van der Waals surface area contributed by atoms with E-state index in [2.05, 4.69) is 6.92 Å². The third-order valence-electron chi connectivity index (χ3n) is 4.57. The Hall–Kier alpha value is -2.96. The Labute approximate surface area is 151 Å². The van der Waals surface area contributed by atoms with Crippen LogP contribution in [0.1, 0.15) is 42.1 Å². The first-order chi connectivity index (χ1) is 12.5. The number of esters is 1. The first kappa shape index (κ1) is 17.8. The Kier molecular flexibility index (Phi) is 4.88. The van der Waals surface area contributed by atoms with E-state index in [0.29, 0.717) is 23.2 Å². The summed E-state index contributed by atoms with van der Waals surface area (Å²) in [4.78, 5) is 29.9. The first-order valence-electron chi connectivity index (χ1n) is 8.72. The van der Waals surface area contributed by atoms with Crippen LogP contribution in [-0.4, -0.2) is 22.5 Å². The summed E-state index contributed by atoms with van der Waals surface area (Å²) in [5.74, 6) is -0.298. The molecular formula is C19H23N4O3+. The number of pyridine rings is 2. The molecular weight excluding hydrogens is 332 g/mol. The second-order valence-electron chi connectivity index (χ2n) is 6.33. The molecule has 26 heavy (non-hydrogen) atoms. The number of aryl methyl sites for hydroxylation is 2. The van der Waals surface area contributed by atoms with Gasteiger partial charge in [-0.15, -0.1) is 0 Å². The molecule has 3 aromatic heterocycles. The van der Waals surface area contributed by atoms with Crippen molar-refractivity contribution in [2.75, 3.05) is 12.8 Å². The highest BCUT2D eigenvalue weighted by molar-refractivity contribution is 5.96. The number of aromatic nitrogens is 3. The summed E-state index contributed by atoms with van der Waals surface area (Å²) in [5, 5.41) is 0.346. The van der Waals surface area contributed by atoms with Crippen LogP contribution in [0.3, 0.4) is 0 Å². The average Bonchev–Trinajstić information content (AvgIpc) is 2.64. The van der Waals surface area contributed by atoms with E-state index >= 15 is 0 Å². The van der Waals surface area contributed by atoms with Crippen LogP contribution in [0, 0.1) is 6.92 Å². The Balaban J connectivity index is 2.40. The second kappa shape index (κ2) is 7.11. The fourth-order valence-corrected chi connectivity index (χ4v) is 3.13. The zero-order valence-electron chi connectivity index (χ0n) is 15.3. The molecule has 136 valence electrons. The number of nitrogens with two attached hydrogens (primary N) is 1. The normalized spacial score (nSPS) is 11.2. The topological polar surface area (TPSA) is 90.6 Å². The summed E-state index contributed by atoms with van der Waals surface area (Å²) in [6, 6.07) is 5.18. The largest absolute Gasteiger partial charge is 0.465 e. The van der Waals surface area contributed by atoms with Crippen LogP contribution in [0.2, 0.25) is 0 Å². The van der Waals surface area contributed by atoms with E-state index in [0.717, 1.165) is 24.8 Å². The van der Waals surface area contributed by atoms with Crippen molar-refractivity contribution >= 4 is 28.5 Å². The van der Waals surface area contributed by atoms with Crippen LogP contribution in [0.15, 0.2) is 29.2 Å². The minimum absolute atomic E-state index is 0.183. The molecule has 0 bridgehead atoms. The lowest BCUT2D eigenvalue weighted by Crippen LogP contribution is -2.42. The summed E-state index contributed by atoms with van der Waals surface area (Å²) < 4.78 is 8.08. The van der Waals surface area contributed by atoms with Gasteiger partial charge < -0.3 is 10.5 Å². The number of unbranched alkanes of at least 4 members (excludes halogenated alkanes) is 2. The van der Waals surface area contributed by atoms with Crippen molar-refractivity contribution in [2.24, 2.45) is 0 Å². The van der Waals surface area contributed by atoms with Crippen molar-refractivity contribution in [3.05, 3.63) is 45.9 Å². The summed E-state index contributed by atoms with van der Waals surface area (Å²) in [6.07, 6.45) is 4.61. The quantitative estimate of drug-likeness (QED) is 0.327. The smallest absolute Gasteiger partial charge is 0.344 e. The van der Waals surface area contributed by atoms with Crippen molar-refractivity contribution in [1.82, 2.24) is 9.38 Å². The minimum Gasteiger partial charge on any atom is -0.465 e. The van der Waals surface area contributed by atoms with Gasteiger partial charge in [-0.05, 0) is 25.5 Å². The summed E-state index contributed by atoms with van der Waals surface area (Å²) in [7, 11) is 1.29. The molecule has 0 atom stereocenters. The standard InChI is InChI=1S/C19H22N4O3/c1-4-5-6-9-22-15(20)13(19(25)26-3)11-14-17(22)21-16-12(2)8-7-10-23(16)18(14)24/h7-8,10-11,20H,4-6,9H2,1-3H3/p+1. The van der Waals surface area contributed by atoms with Crippen LogP contribution < -0.4 is 15.9 Å². The van der Waals surface area contributed by atoms with Crippen molar-refractivity contribution in [3.8, 4) is 0 Å². The molecule has 0 aliphatic carbocycles. The molecule has 3 aromatic rings. The average molecular weight is 355 g/mol. The summed E-state index contributed by atoms with van der Waals surface area (Å²) >= 11 is 0. The van der Waals surface area contributed by atoms with Crippen LogP contribution in [0.4, 0.5) is 5.82 Å². The van der Waals surface area contributed by atoms with Gasteiger partial charge in [-0.2, -0.15) is 0 Å². The molecule has 7 heteroatoms. The zero-order chi connectivity index (χ0) is 18.8. The Bertz CT molecular complexity index is 1060. The van der Waals surface area contributed by atoms with Gasteiger partial charge in [-0.3, -0.25) is 9.20 Å². The van der Waals surface area contributed by atoms with E-state index < -0.39 is 5.97 Å². The van der Waals surface area contributed by atoms with Crippen LogP contribution >= 0.6 is 0 Å². The molecule has 0 aliphatic heterocycles. The third-order valence-corrected chi connectivity index (χ3v) is 4.57. The van der Waals surface area contributed by atoms with Crippen LogP contribution in [0.25, 0.3) is 16.7 Å². The highest BCUT2D eigenvalue weighted by atomic mass is 16.5. The molecule has 0 spiro atoms. The molecule has 0 saturated heterocycles. The van der Waals surface area contributed by atoms with Gasteiger partial charge in [-0.1, -0.05) is 30.8 Å². The number of nitrogen functional groups attached to an aromatic ring is 1. The van der Waals surface area contributed by atoms with Crippen LogP contribution in [0.5, 0.6) is 0 Å². The lowest BCUT2D eigenvalue weighted by Gasteiger charge is -2.11. The molecule has 7 nitrogen and oxygen atoms in total. The van der Waals surface area contributed by atoms with E-state index in [1.165, 1.54) is 17.6 Å². The number of methoxy groups -OCH3 is 1. The molecule has 0 aromatic carbocycles. The maximum absolute atomic E-state index is 13.0. The van der Waals surface area contributed by atoms with E-state index in [1.807, 2.05) is 13.0 Å². The number of rotatable bonds is 5. The van der Waals surface area contributed by atoms with Crippen molar-refractivity contribution < 1.29 is 14.1 Å². The van der Waals surface area contributed by atoms with Gasteiger partial charge in [0.15, 0.2) is 0 Å². The Morgan fingerprint density at radius 1 is 1.38 bits per heavy atom. The van der Waals surface area contributed by atoms with Crippen molar-refractivity contribution in [1.29, 1.82) is 0 Å². The van der Waals surface area contributed by atoms with Gasteiger partial charge in [0.25, 0.3) is 11.2 Å². The highest BCUT2D eigenvalue weighted by Gasteiger charge is 2.24. The Morgan fingerprint density at radius 3 is 2.85 bits per heavy atom. The van der Waals surface area contributed by atoms with Gasteiger partial charge in [-0.25, -0.2) is 9.36 Å². The maximum Gasteiger partial charge on any atom is 0.344 e. The van der Waals surface area contributed by atoms with E-state index in [4.69, 9.17) is 15.5 Å². The number of nitrogens with zero attached hydrogens (tertiary/aromatic N) is 3. The molecule has 3 rings (SSSR count). The van der Waals surface area contributed by atoms with Crippen LogP contribution in [-0.2, 0) is 11.3 Å². The maximum atomic E-state index is 13.0. The molecule has 0 amide bonds. The number of hydrogen-bond donors (Lipinski definition) is 1. The lowest BCUT2D eigenvalue weighted by molar-refractivity contribution is -0.659. The van der Waals surface area contributed by atoms with Crippen molar-refractivity contribution in [2.45, 2.75) is 39.7 Å². The number of fused-ring (bicyclic) bond motifs is 2. The van der Waals surface area contributed by atoms with Gasteiger partial charge in [0.2, 0.25) is 11.5 Å². The van der Waals surface area contributed by atoms with Gasteiger partial charge in [0.05, 0.1) is 13.7 Å². The molecule has 2 N–H and O–H groups in total. The number of hydrogen-bond acceptors (Lipinski definition) is 5. The number of anilines is 1. The SMILES string of the molecule is CCCCC[n+]1c(N)c(C(=O)OC)cc2c(=O)n3cccc(C)c3nc21. The number of carbonyl (C=O) groups is 1. The minimum atomic E-state index is -0.567. The fourth-order valence-electron chi connectivity index (χ4n) is 3.13. The summed E-state index contributed by atoms with van der Waals surface area (Å²) in [6.45, 7) is 4.59. The van der Waals surface area contributed by atoms with Gasteiger partial charge in [0, 0.05) is 11.8 Å². The zero-order valence-corrected chi connectivity index (χ0v) is 15.3.